The monoisotopic (exact) mass is 351 g/mol. The van der Waals surface area contributed by atoms with Gasteiger partial charge in [-0.2, -0.15) is 4.98 Å². The van der Waals surface area contributed by atoms with Crippen molar-refractivity contribution in [2.75, 3.05) is 35.2 Å². The van der Waals surface area contributed by atoms with Crippen LogP contribution in [-0.2, 0) is 4.74 Å². The molecule has 2 atom stereocenters. The highest BCUT2D eigenvalue weighted by molar-refractivity contribution is 5.65. The molecule has 0 unspecified atom stereocenters. The van der Waals surface area contributed by atoms with E-state index in [2.05, 4.69) is 25.8 Å². The van der Waals surface area contributed by atoms with Crippen LogP contribution in [0.15, 0.2) is 18.5 Å². The molecule has 1 saturated carbocycles. The van der Waals surface area contributed by atoms with Crippen molar-refractivity contribution in [2.45, 2.75) is 37.5 Å². The molecule has 4 saturated heterocycles. The molecule has 2 aromatic heterocycles. The van der Waals surface area contributed by atoms with Gasteiger partial charge in [0.25, 0.3) is 0 Å². The molecule has 8 nitrogen and oxygen atoms in total. The minimum atomic E-state index is 0.276. The Morgan fingerprint density at radius 1 is 1.00 bits per heavy atom. The average molecular weight is 351 g/mol. The molecule has 7 rings (SSSR count). The summed E-state index contributed by atoms with van der Waals surface area (Å²) in [5, 5.41) is 0. The maximum atomic E-state index is 5.74. The lowest BCUT2D eigenvalue weighted by molar-refractivity contribution is 0.0986. The molecule has 0 amide bonds. The fraction of sp³-hybridized carbons (Fsp3) is 0.556. The lowest BCUT2D eigenvalue weighted by Gasteiger charge is -2.30. The quantitative estimate of drug-likeness (QED) is 0.878. The fourth-order valence-corrected chi connectivity index (χ4v) is 4.77. The summed E-state index contributed by atoms with van der Waals surface area (Å²) >= 11 is 0. The highest BCUT2D eigenvalue weighted by atomic mass is 16.5. The molecule has 0 aromatic carbocycles. The normalized spacial score (nSPS) is 31.5. The summed E-state index contributed by atoms with van der Waals surface area (Å²) < 4.78 is 5.74. The second kappa shape index (κ2) is 5.26. The topological polar surface area (TPSA) is 93.3 Å². The van der Waals surface area contributed by atoms with Crippen LogP contribution in [0.25, 0.3) is 11.3 Å². The average Bonchev–Trinajstić information content (AvgIpc) is 3.41. The van der Waals surface area contributed by atoms with E-state index in [0.717, 1.165) is 55.1 Å². The van der Waals surface area contributed by atoms with Crippen molar-refractivity contribution in [2.24, 2.45) is 5.92 Å². The summed E-state index contributed by atoms with van der Waals surface area (Å²) in [5.74, 6) is 2.93. The van der Waals surface area contributed by atoms with Gasteiger partial charge in [-0.25, -0.2) is 15.0 Å². The van der Waals surface area contributed by atoms with Crippen LogP contribution in [0.1, 0.15) is 19.3 Å². The van der Waals surface area contributed by atoms with Gasteiger partial charge in [-0.15, -0.1) is 0 Å². The number of hydrogen-bond acceptors (Lipinski definition) is 8. The van der Waals surface area contributed by atoms with Crippen LogP contribution in [0.4, 0.5) is 17.7 Å². The van der Waals surface area contributed by atoms with Gasteiger partial charge in [0.15, 0.2) is 0 Å². The van der Waals surface area contributed by atoms with E-state index >= 15 is 0 Å². The minimum absolute atomic E-state index is 0.276. The highest BCUT2D eigenvalue weighted by Crippen LogP contribution is 2.43. The Bertz CT molecular complexity index is 851. The number of hydrogen-bond donors (Lipinski definition) is 1. The number of aromatic nitrogens is 4. The SMILES string of the molecule is Nc1ncc(-c2cc(N3CC4CC3C4)nc(N3C[C@@H]4C[C@H]3CO4)n2)cn1. The Balaban J connectivity index is 1.43. The van der Waals surface area contributed by atoms with E-state index in [1.54, 1.807) is 12.4 Å². The molecule has 5 fully saturated rings. The summed E-state index contributed by atoms with van der Waals surface area (Å²) in [7, 11) is 0. The molecule has 26 heavy (non-hydrogen) atoms. The van der Waals surface area contributed by atoms with Gasteiger partial charge < -0.3 is 20.3 Å². The van der Waals surface area contributed by atoms with Gasteiger partial charge in [0, 0.05) is 43.2 Å². The second-order valence-corrected chi connectivity index (χ2v) is 7.88. The number of nitrogens with zero attached hydrogens (tertiary/aromatic N) is 6. The van der Waals surface area contributed by atoms with Crippen molar-refractivity contribution in [3.63, 3.8) is 0 Å². The molecular formula is C18H21N7O. The van der Waals surface area contributed by atoms with E-state index in [9.17, 15) is 0 Å². The number of ether oxygens (including phenoxy) is 1. The fourth-order valence-electron chi connectivity index (χ4n) is 4.77. The lowest BCUT2D eigenvalue weighted by Crippen LogP contribution is -2.38. The molecule has 6 heterocycles. The van der Waals surface area contributed by atoms with Crippen LogP contribution < -0.4 is 15.5 Å². The van der Waals surface area contributed by atoms with E-state index in [1.165, 1.54) is 12.8 Å². The Labute approximate surface area is 151 Å². The first-order chi connectivity index (χ1) is 12.7. The van der Waals surface area contributed by atoms with Gasteiger partial charge in [0.05, 0.1) is 24.4 Å². The third-order valence-electron chi connectivity index (χ3n) is 6.23. The zero-order valence-electron chi connectivity index (χ0n) is 14.5. The summed E-state index contributed by atoms with van der Waals surface area (Å²) in [6.07, 6.45) is 7.45. The summed E-state index contributed by atoms with van der Waals surface area (Å²) in [6, 6.07) is 3.10. The lowest BCUT2D eigenvalue weighted by atomic mass is 9.86. The number of fused-ring (bicyclic) bond motifs is 3. The molecule has 8 heteroatoms. The van der Waals surface area contributed by atoms with E-state index in [1.807, 2.05) is 0 Å². The number of nitrogens with two attached hydrogens (primary N) is 1. The third-order valence-corrected chi connectivity index (χ3v) is 6.23. The molecule has 4 aliphatic heterocycles. The van der Waals surface area contributed by atoms with Gasteiger partial charge in [0.1, 0.15) is 5.82 Å². The largest absolute Gasteiger partial charge is 0.374 e. The summed E-state index contributed by atoms with van der Waals surface area (Å²) in [6.45, 7) is 2.75. The van der Waals surface area contributed by atoms with Gasteiger partial charge in [-0.05, 0) is 25.2 Å². The number of rotatable bonds is 3. The smallest absolute Gasteiger partial charge is 0.228 e. The van der Waals surface area contributed by atoms with Crippen LogP contribution >= 0.6 is 0 Å². The van der Waals surface area contributed by atoms with Crippen LogP contribution in [-0.4, -0.2) is 57.8 Å². The Kier molecular flexibility index (Phi) is 2.97. The van der Waals surface area contributed by atoms with Gasteiger partial charge in [0.2, 0.25) is 11.9 Å². The molecule has 4 bridgehead atoms. The molecule has 0 spiro atoms. The first-order valence-corrected chi connectivity index (χ1v) is 9.35. The van der Waals surface area contributed by atoms with Gasteiger partial charge in [-0.3, -0.25) is 0 Å². The van der Waals surface area contributed by atoms with Crippen molar-refractivity contribution >= 4 is 17.7 Å². The Morgan fingerprint density at radius 2 is 1.85 bits per heavy atom. The number of morpholine rings is 1. The van der Waals surface area contributed by atoms with E-state index in [-0.39, 0.29) is 5.95 Å². The van der Waals surface area contributed by atoms with Crippen molar-refractivity contribution in [1.29, 1.82) is 0 Å². The second-order valence-electron chi connectivity index (χ2n) is 7.88. The Morgan fingerprint density at radius 3 is 2.50 bits per heavy atom. The minimum Gasteiger partial charge on any atom is -0.374 e. The van der Waals surface area contributed by atoms with Gasteiger partial charge >= 0.3 is 0 Å². The highest BCUT2D eigenvalue weighted by Gasteiger charge is 2.44. The van der Waals surface area contributed by atoms with Crippen molar-refractivity contribution in [3.05, 3.63) is 18.5 Å². The maximum absolute atomic E-state index is 5.74. The number of anilines is 3. The first kappa shape index (κ1) is 14.7. The number of nitrogen functional groups attached to an aromatic ring is 1. The molecule has 1 aliphatic carbocycles. The molecule has 5 aliphatic rings. The van der Waals surface area contributed by atoms with E-state index < -0.39 is 0 Å². The molecule has 0 radical (unpaired) electrons. The molecular weight excluding hydrogens is 330 g/mol. The van der Waals surface area contributed by atoms with Crippen molar-refractivity contribution in [1.82, 2.24) is 19.9 Å². The van der Waals surface area contributed by atoms with Crippen LogP contribution in [0.2, 0.25) is 0 Å². The van der Waals surface area contributed by atoms with Gasteiger partial charge in [-0.1, -0.05) is 0 Å². The van der Waals surface area contributed by atoms with Crippen molar-refractivity contribution in [3.8, 4) is 11.3 Å². The van der Waals surface area contributed by atoms with Crippen LogP contribution in [0, 0.1) is 5.92 Å². The zero-order valence-corrected chi connectivity index (χ0v) is 14.5. The first-order valence-electron chi connectivity index (χ1n) is 9.35. The third kappa shape index (κ3) is 2.18. The standard InChI is InChI=1S/C18H21N7O/c19-17-20-5-11(6-21-17)15-4-16(24-7-10-1-12(24)2-10)23-18(22-15)25-8-14-3-13(25)9-26-14/h4-6,10,12-14H,1-3,7-9H2,(H2,19,20,21)/t10?,12?,13-,14-/m0/s1. The molecule has 134 valence electrons. The summed E-state index contributed by atoms with van der Waals surface area (Å²) in [5.41, 5.74) is 7.37. The van der Waals surface area contributed by atoms with Crippen molar-refractivity contribution < 1.29 is 4.74 Å². The van der Waals surface area contributed by atoms with E-state index in [0.29, 0.717) is 18.2 Å². The summed E-state index contributed by atoms with van der Waals surface area (Å²) in [4.78, 5) is 22.8. The maximum Gasteiger partial charge on any atom is 0.228 e. The predicted molar refractivity (Wildman–Crippen MR) is 96.8 cm³/mol. The zero-order chi connectivity index (χ0) is 17.3. The Hall–Kier alpha value is -2.48. The molecule has 2 aromatic rings. The van der Waals surface area contributed by atoms with E-state index in [4.69, 9.17) is 20.4 Å². The predicted octanol–water partition coefficient (Wildman–Crippen LogP) is 1.09. The molecule has 2 N–H and O–H groups in total. The van der Waals surface area contributed by atoms with Crippen LogP contribution in [0.5, 0.6) is 0 Å². The van der Waals surface area contributed by atoms with Crippen LogP contribution in [0.3, 0.4) is 0 Å².